The van der Waals surface area contributed by atoms with Gasteiger partial charge in [-0.3, -0.25) is 4.79 Å². The first-order valence-electron chi connectivity index (χ1n) is 6.81. The van der Waals surface area contributed by atoms with Crippen LogP contribution in [0.3, 0.4) is 0 Å². The fraction of sp³-hybridized carbons (Fsp3) is 0.533. The number of amides is 1. The molecular weight excluding hydrogens is 261 g/mol. The summed E-state index contributed by atoms with van der Waals surface area (Å²) < 4.78 is 24.6. The summed E-state index contributed by atoms with van der Waals surface area (Å²) in [5.74, 6) is 0.675. The number of alkyl halides is 1. The van der Waals surface area contributed by atoms with E-state index < -0.39 is 6.17 Å². The Hall–Kier alpha value is -1.78. The Morgan fingerprint density at radius 1 is 1.35 bits per heavy atom. The molecule has 0 radical (unpaired) electrons. The lowest BCUT2D eigenvalue weighted by Gasteiger charge is -2.31. The van der Waals surface area contributed by atoms with Crippen LogP contribution >= 0.6 is 0 Å². The number of nitrogens with zero attached hydrogens (tertiary/aromatic N) is 1. The number of rotatable bonds is 5. The molecule has 1 aromatic rings. The van der Waals surface area contributed by atoms with Crippen molar-refractivity contribution in [1.82, 2.24) is 4.90 Å². The van der Waals surface area contributed by atoms with E-state index in [9.17, 15) is 9.18 Å². The molecule has 1 unspecified atom stereocenters. The molecule has 1 saturated heterocycles. The van der Waals surface area contributed by atoms with Gasteiger partial charge >= 0.3 is 0 Å². The normalized spacial score (nSPS) is 15.5. The van der Waals surface area contributed by atoms with Gasteiger partial charge in [0.1, 0.15) is 6.17 Å². The number of hydrogen-bond donors (Lipinski definition) is 0. The third-order valence-corrected chi connectivity index (χ3v) is 3.59. The summed E-state index contributed by atoms with van der Waals surface area (Å²) in [4.78, 5) is 14.0. The van der Waals surface area contributed by atoms with Crippen LogP contribution in [0.2, 0.25) is 0 Å². The van der Waals surface area contributed by atoms with Crippen molar-refractivity contribution in [3.8, 4) is 11.5 Å². The summed E-state index contributed by atoms with van der Waals surface area (Å²) in [6, 6.07) is 3.20. The van der Waals surface area contributed by atoms with Crippen LogP contribution in [-0.2, 0) is 0 Å². The summed E-state index contributed by atoms with van der Waals surface area (Å²) in [5.41, 5.74) is 0.826. The van der Waals surface area contributed by atoms with Gasteiger partial charge in [0.25, 0.3) is 5.91 Å². The van der Waals surface area contributed by atoms with Gasteiger partial charge in [0.15, 0.2) is 11.5 Å². The van der Waals surface area contributed by atoms with Gasteiger partial charge in [0, 0.05) is 24.2 Å². The minimum absolute atomic E-state index is 0.0817. The van der Waals surface area contributed by atoms with Gasteiger partial charge in [-0.2, -0.15) is 0 Å². The second kappa shape index (κ2) is 6.11. The average molecular weight is 281 g/mol. The zero-order valence-electron chi connectivity index (χ0n) is 12.1. The summed E-state index contributed by atoms with van der Waals surface area (Å²) in [6.07, 6.45) is 0.163. The minimum atomic E-state index is -1.18. The molecule has 1 aliphatic heterocycles. The van der Waals surface area contributed by atoms with Crippen molar-refractivity contribution in [3.63, 3.8) is 0 Å². The molecule has 5 heteroatoms. The third kappa shape index (κ3) is 2.57. The van der Waals surface area contributed by atoms with Gasteiger partial charge in [-0.25, -0.2) is 4.39 Å². The van der Waals surface area contributed by atoms with Gasteiger partial charge in [0.05, 0.1) is 14.2 Å². The quantitative estimate of drug-likeness (QED) is 0.833. The van der Waals surface area contributed by atoms with Gasteiger partial charge in [-0.15, -0.1) is 0 Å². The summed E-state index contributed by atoms with van der Waals surface area (Å²) >= 11 is 0. The molecule has 4 nitrogen and oxygen atoms in total. The molecule has 0 aromatic heterocycles. The molecule has 2 rings (SSSR count). The SMILES string of the molecule is CCC(F)c1cc(C(=O)N2CCC2)cc(OC)c1OC. The molecular formula is C15H20FNO3. The molecule has 1 heterocycles. The predicted molar refractivity (Wildman–Crippen MR) is 74.2 cm³/mol. The summed E-state index contributed by atoms with van der Waals surface area (Å²) in [6.45, 7) is 3.27. The molecule has 0 N–H and O–H groups in total. The van der Waals surface area contributed by atoms with E-state index in [2.05, 4.69) is 0 Å². The fourth-order valence-electron chi connectivity index (χ4n) is 2.27. The van der Waals surface area contributed by atoms with Crippen molar-refractivity contribution in [2.24, 2.45) is 0 Å². The summed E-state index contributed by atoms with van der Waals surface area (Å²) in [7, 11) is 2.96. The number of methoxy groups -OCH3 is 2. The molecule has 1 aromatic carbocycles. The van der Waals surface area contributed by atoms with Crippen LogP contribution in [0.1, 0.15) is 41.9 Å². The van der Waals surface area contributed by atoms with Gasteiger partial charge in [0.2, 0.25) is 0 Å². The van der Waals surface area contributed by atoms with E-state index in [1.165, 1.54) is 14.2 Å². The predicted octanol–water partition coefficient (Wildman–Crippen LogP) is 2.97. The molecule has 1 aliphatic rings. The van der Waals surface area contributed by atoms with E-state index in [-0.39, 0.29) is 5.91 Å². The number of hydrogen-bond acceptors (Lipinski definition) is 3. The number of ether oxygens (including phenoxy) is 2. The maximum atomic E-state index is 14.1. The monoisotopic (exact) mass is 281 g/mol. The van der Waals surface area contributed by atoms with Crippen LogP contribution in [0.25, 0.3) is 0 Å². The zero-order chi connectivity index (χ0) is 14.7. The van der Waals surface area contributed by atoms with Crippen molar-refractivity contribution in [1.29, 1.82) is 0 Å². The standard InChI is InChI=1S/C15H20FNO3/c1-4-12(16)11-8-10(15(18)17-6-5-7-17)9-13(19-2)14(11)20-3/h8-9,12H,4-7H2,1-3H3. The Balaban J connectivity index is 2.45. The van der Waals surface area contributed by atoms with E-state index in [1.54, 1.807) is 24.0 Å². The van der Waals surface area contributed by atoms with Crippen molar-refractivity contribution in [2.75, 3.05) is 27.3 Å². The number of halogens is 1. The number of benzene rings is 1. The molecule has 1 amide bonds. The third-order valence-electron chi connectivity index (χ3n) is 3.59. The zero-order valence-corrected chi connectivity index (χ0v) is 12.1. The molecule has 0 saturated carbocycles. The van der Waals surface area contributed by atoms with E-state index in [4.69, 9.17) is 9.47 Å². The average Bonchev–Trinajstić information content (AvgIpc) is 2.42. The largest absolute Gasteiger partial charge is 0.493 e. The lowest BCUT2D eigenvalue weighted by molar-refractivity contribution is 0.0651. The van der Waals surface area contributed by atoms with Crippen molar-refractivity contribution >= 4 is 5.91 Å². The topological polar surface area (TPSA) is 38.8 Å². The molecule has 0 bridgehead atoms. The maximum Gasteiger partial charge on any atom is 0.254 e. The first-order valence-corrected chi connectivity index (χ1v) is 6.81. The fourth-order valence-corrected chi connectivity index (χ4v) is 2.27. The van der Waals surface area contributed by atoms with Crippen molar-refractivity contribution in [2.45, 2.75) is 25.9 Å². The Morgan fingerprint density at radius 2 is 2.05 bits per heavy atom. The first kappa shape index (κ1) is 14.6. The second-order valence-electron chi connectivity index (χ2n) is 4.82. The molecule has 1 fully saturated rings. The van der Waals surface area contributed by atoms with Crippen molar-refractivity contribution in [3.05, 3.63) is 23.3 Å². The van der Waals surface area contributed by atoms with Crippen LogP contribution in [0.5, 0.6) is 11.5 Å². The van der Waals surface area contributed by atoms with E-state index >= 15 is 0 Å². The van der Waals surface area contributed by atoms with Crippen LogP contribution in [-0.4, -0.2) is 38.1 Å². The van der Waals surface area contributed by atoms with Crippen LogP contribution in [0.15, 0.2) is 12.1 Å². The van der Waals surface area contributed by atoms with Gasteiger partial charge < -0.3 is 14.4 Å². The highest BCUT2D eigenvalue weighted by Crippen LogP contribution is 2.39. The molecule has 1 atom stereocenters. The second-order valence-corrected chi connectivity index (χ2v) is 4.82. The highest BCUT2D eigenvalue weighted by Gasteiger charge is 2.26. The number of carbonyl (C=O) groups is 1. The van der Waals surface area contributed by atoms with Gasteiger partial charge in [-0.1, -0.05) is 6.92 Å². The maximum absolute atomic E-state index is 14.1. The smallest absolute Gasteiger partial charge is 0.254 e. The molecule has 110 valence electrons. The lowest BCUT2D eigenvalue weighted by atomic mass is 10.0. The van der Waals surface area contributed by atoms with E-state index in [0.717, 1.165) is 19.5 Å². The Bertz CT molecular complexity index is 500. The van der Waals surface area contributed by atoms with Crippen LogP contribution in [0.4, 0.5) is 4.39 Å². The van der Waals surface area contributed by atoms with Crippen LogP contribution < -0.4 is 9.47 Å². The first-order chi connectivity index (χ1) is 9.62. The minimum Gasteiger partial charge on any atom is -0.493 e. The number of carbonyl (C=O) groups excluding carboxylic acids is 1. The van der Waals surface area contributed by atoms with E-state index in [0.29, 0.717) is 29.0 Å². The highest BCUT2D eigenvalue weighted by atomic mass is 19.1. The van der Waals surface area contributed by atoms with Crippen LogP contribution in [0, 0.1) is 0 Å². The lowest BCUT2D eigenvalue weighted by Crippen LogP contribution is -2.42. The Kier molecular flexibility index (Phi) is 4.47. The molecule has 0 aliphatic carbocycles. The Labute approximate surface area is 118 Å². The van der Waals surface area contributed by atoms with Crippen molar-refractivity contribution < 1.29 is 18.7 Å². The molecule has 0 spiro atoms. The highest BCUT2D eigenvalue weighted by molar-refractivity contribution is 5.95. The molecule has 20 heavy (non-hydrogen) atoms. The van der Waals surface area contributed by atoms with Gasteiger partial charge in [-0.05, 0) is 25.0 Å². The van der Waals surface area contributed by atoms with E-state index in [1.807, 2.05) is 0 Å². The Morgan fingerprint density at radius 3 is 2.50 bits per heavy atom. The summed E-state index contributed by atoms with van der Waals surface area (Å²) in [5, 5.41) is 0. The number of likely N-dealkylation sites (tertiary alicyclic amines) is 1.